The monoisotopic (exact) mass is 246 g/mol. The molecule has 5 heteroatoms. The predicted molar refractivity (Wildman–Crippen MR) is 65.4 cm³/mol. The molecule has 94 valence electrons. The Hall–Kier alpha value is -0.973. The molecule has 0 aliphatic rings. The maximum Gasteiger partial charge on any atom is 0.340 e. The van der Waals surface area contributed by atoms with Crippen LogP contribution >= 0.6 is 0 Å². The number of carbonyl (C=O) groups is 1. The fraction of sp³-hybridized carbons (Fsp3) is 0.727. The van der Waals surface area contributed by atoms with Gasteiger partial charge in [0, 0.05) is 0 Å². The molecular weight excluding hydrogens is 224 g/mol. The smallest absolute Gasteiger partial charge is 0.340 e. The first-order valence-electron chi connectivity index (χ1n) is 5.51. The Morgan fingerprint density at radius 3 is 1.94 bits per heavy atom. The highest BCUT2D eigenvalue weighted by molar-refractivity contribution is 6.70. The van der Waals surface area contributed by atoms with Crippen LogP contribution in [0.2, 0.25) is 19.6 Å². The van der Waals surface area contributed by atoms with Crippen molar-refractivity contribution in [2.24, 2.45) is 0 Å². The van der Waals surface area contributed by atoms with Gasteiger partial charge < -0.3 is 13.9 Å². The molecule has 0 radical (unpaired) electrons. The Balaban J connectivity index is 4.84. The molecule has 0 aromatic heterocycles. The number of hydrogen-bond donors (Lipinski definition) is 0. The molecule has 0 atom stereocenters. The molecule has 0 saturated carbocycles. The zero-order valence-electron chi connectivity index (χ0n) is 11.0. The molecule has 0 spiro atoms. The fourth-order valence-electron chi connectivity index (χ4n) is 0.946. The lowest BCUT2D eigenvalue weighted by Gasteiger charge is -2.22. The minimum atomic E-state index is -1.78. The lowest BCUT2D eigenvalue weighted by Crippen LogP contribution is -2.27. The standard InChI is InChI=1S/C11H22O4Si/c1-7-13-10(12)9(3)11(14-8-2)15-16(4,5)6/h7-8H2,1-6H3. The summed E-state index contributed by atoms with van der Waals surface area (Å²) in [6.45, 7) is 12.2. The van der Waals surface area contributed by atoms with Gasteiger partial charge in [0.2, 0.25) is 8.32 Å². The molecule has 0 unspecified atom stereocenters. The molecular formula is C11H22O4Si. The van der Waals surface area contributed by atoms with E-state index in [2.05, 4.69) is 0 Å². The summed E-state index contributed by atoms with van der Waals surface area (Å²) in [4.78, 5) is 11.5. The van der Waals surface area contributed by atoms with Gasteiger partial charge in [0.25, 0.3) is 5.95 Å². The molecule has 0 saturated heterocycles. The third-order valence-electron chi connectivity index (χ3n) is 1.56. The van der Waals surface area contributed by atoms with E-state index < -0.39 is 8.32 Å². The van der Waals surface area contributed by atoms with Crippen LogP contribution in [0.3, 0.4) is 0 Å². The minimum absolute atomic E-state index is 0.306. The van der Waals surface area contributed by atoms with Crippen LogP contribution in [0.15, 0.2) is 11.5 Å². The average Bonchev–Trinajstić information content (AvgIpc) is 2.14. The van der Waals surface area contributed by atoms with Crippen molar-refractivity contribution in [3.8, 4) is 0 Å². The number of hydrogen-bond acceptors (Lipinski definition) is 4. The molecule has 0 rings (SSSR count). The van der Waals surface area contributed by atoms with Crippen LogP contribution < -0.4 is 0 Å². The molecule has 0 aromatic carbocycles. The van der Waals surface area contributed by atoms with Gasteiger partial charge in [-0.1, -0.05) is 0 Å². The molecule has 0 fully saturated rings. The van der Waals surface area contributed by atoms with Gasteiger partial charge in [0.15, 0.2) is 0 Å². The van der Waals surface area contributed by atoms with E-state index >= 15 is 0 Å². The van der Waals surface area contributed by atoms with Gasteiger partial charge in [-0.2, -0.15) is 0 Å². The molecule has 0 aromatic rings. The van der Waals surface area contributed by atoms with E-state index in [1.54, 1.807) is 13.8 Å². The highest BCUT2D eigenvalue weighted by atomic mass is 28.4. The average molecular weight is 246 g/mol. The van der Waals surface area contributed by atoms with E-state index in [4.69, 9.17) is 13.9 Å². The summed E-state index contributed by atoms with van der Waals surface area (Å²) in [5.41, 5.74) is 0.395. The van der Waals surface area contributed by atoms with Crippen molar-refractivity contribution in [2.75, 3.05) is 13.2 Å². The number of rotatable bonds is 6. The summed E-state index contributed by atoms with van der Waals surface area (Å²) in [6.07, 6.45) is 0. The summed E-state index contributed by atoms with van der Waals surface area (Å²) < 4.78 is 15.9. The maximum absolute atomic E-state index is 11.5. The van der Waals surface area contributed by atoms with Gasteiger partial charge in [-0.05, 0) is 40.4 Å². The molecule has 0 bridgehead atoms. The summed E-state index contributed by atoms with van der Waals surface area (Å²) in [7, 11) is -1.78. The number of esters is 1. The fourth-order valence-corrected chi connectivity index (χ4v) is 1.71. The van der Waals surface area contributed by atoms with Crippen LogP contribution in [0, 0.1) is 0 Å². The van der Waals surface area contributed by atoms with E-state index in [9.17, 15) is 4.79 Å². The van der Waals surface area contributed by atoms with Gasteiger partial charge in [0.05, 0.1) is 13.2 Å². The van der Waals surface area contributed by atoms with Gasteiger partial charge in [-0.25, -0.2) is 4.79 Å². The second-order valence-corrected chi connectivity index (χ2v) is 8.71. The summed E-state index contributed by atoms with van der Waals surface area (Å²) in [5, 5.41) is 0. The Bertz CT molecular complexity index is 266. The van der Waals surface area contributed by atoms with Gasteiger partial charge >= 0.3 is 5.97 Å². The molecule has 0 N–H and O–H groups in total. The normalized spacial score (nSPS) is 12.9. The van der Waals surface area contributed by atoms with Crippen molar-refractivity contribution in [1.82, 2.24) is 0 Å². The summed E-state index contributed by atoms with van der Waals surface area (Å²) >= 11 is 0. The van der Waals surface area contributed by atoms with Crippen LogP contribution in [-0.2, 0) is 18.7 Å². The summed E-state index contributed by atoms with van der Waals surface area (Å²) in [6, 6.07) is 0. The van der Waals surface area contributed by atoms with Crippen molar-refractivity contribution in [3.63, 3.8) is 0 Å². The highest BCUT2D eigenvalue weighted by Gasteiger charge is 2.23. The quantitative estimate of drug-likeness (QED) is 0.313. The van der Waals surface area contributed by atoms with E-state index in [0.29, 0.717) is 24.7 Å². The van der Waals surface area contributed by atoms with Crippen LogP contribution in [0.1, 0.15) is 20.8 Å². The van der Waals surface area contributed by atoms with E-state index in [0.717, 1.165) is 0 Å². The molecule has 0 heterocycles. The largest absolute Gasteiger partial charge is 0.519 e. The summed E-state index contributed by atoms with van der Waals surface area (Å²) in [5.74, 6) is -0.0793. The Labute approximate surface area is 98.7 Å². The van der Waals surface area contributed by atoms with Crippen LogP contribution in [0.25, 0.3) is 0 Å². The Kier molecular flexibility index (Phi) is 6.18. The Morgan fingerprint density at radius 1 is 1.06 bits per heavy atom. The lowest BCUT2D eigenvalue weighted by atomic mass is 10.3. The van der Waals surface area contributed by atoms with Gasteiger partial charge in [-0.15, -0.1) is 0 Å². The van der Waals surface area contributed by atoms with Gasteiger partial charge in [0.1, 0.15) is 5.57 Å². The van der Waals surface area contributed by atoms with Crippen molar-refractivity contribution < 1.29 is 18.7 Å². The first-order chi connectivity index (χ1) is 7.31. The Morgan fingerprint density at radius 2 is 1.56 bits per heavy atom. The van der Waals surface area contributed by atoms with Crippen LogP contribution in [0.4, 0.5) is 0 Å². The van der Waals surface area contributed by atoms with Crippen molar-refractivity contribution in [3.05, 3.63) is 11.5 Å². The van der Waals surface area contributed by atoms with E-state index in [1.165, 1.54) is 0 Å². The molecule has 4 nitrogen and oxygen atoms in total. The SMILES string of the molecule is CCOC(=O)C(C)=C(OCC)O[Si](C)(C)C. The van der Waals surface area contributed by atoms with Crippen LogP contribution in [-0.4, -0.2) is 27.5 Å². The minimum Gasteiger partial charge on any atom is -0.519 e. The lowest BCUT2D eigenvalue weighted by molar-refractivity contribution is -0.139. The van der Waals surface area contributed by atoms with Crippen molar-refractivity contribution >= 4 is 14.3 Å². The predicted octanol–water partition coefficient (Wildman–Crippen LogP) is 2.67. The highest BCUT2D eigenvalue weighted by Crippen LogP contribution is 2.16. The first-order valence-corrected chi connectivity index (χ1v) is 8.92. The van der Waals surface area contributed by atoms with Crippen molar-refractivity contribution in [1.29, 1.82) is 0 Å². The second-order valence-electron chi connectivity index (χ2n) is 4.28. The van der Waals surface area contributed by atoms with Gasteiger partial charge in [-0.3, -0.25) is 0 Å². The van der Waals surface area contributed by atoms with E-state index in [-0.39, 0.29) is 5.97 Å². The topological polar surface area (TPSA) is 44.8 Å². The molecule has 0 aliphatic carbocycles. The molecule has 16 heavy (non-hydrogen) atoms. The first kappa shape index (κ1) is 15.0. The third kappa shape index (κ3) is 5.80. The number of carbonyl (C=O) groups excluding carboxylic acids is 1. The van der Waals surface area contributed by atoms with Crippen molar-refractivity contribution in [2.45, 2.75) is 40.4 Å². The molecule has 0 aliphatic heterocycles. The number of ether oxygens (including phenoxy) is 2. The van der Waals surface area contributed by atoms with Crippen LogP contribution in [0.5, 0.6) is 0 Å². The van der Waals surface area contributed by atoms with E-state index in [1.807, 2.05) is 26.6 Å². The molecule has 0 amide bonds. The third-order valence-corrected chi connectivity index (χ3v) is 2.36. The zero-order chi connectivity index (χ0) is 12.8. The second kappa shape index (κ2) is 6.58. The zero-order valence-corrected chi connectivity index (χ0v) is 12.0. The maximum atomic E-state index is 11.5.